The lowest BCUT2D eigenvalue weighted by Crippen LogP contribution is -2.12. The SMILES string of the molecule is CCOc1ccc(C(=O)Nc2ccc(C(C)CC)cc2)cc1[N+](=O)[O-]. The van der Waals surface area contributed by atoms with Gasteiger partial charge in [-0.05, 0) is 49.1 Å². The van der Waals surface area contributed by atoms with Gasteiger partial charge in [0.25, 0.3) is 5.91 Å². The summed E-state index contributed by atoms with van der Waals surface area (Å²) in [5.41, 5.74) is 1.84. The van der Waals surface area contributed by atoms with E-state index >= 15 is 0 Å². The molecule has 1 N–H and O–H groups in total. The molecule has 6 nitrogen and oxygen atoms in total. The zero-order valence-electron chi connectivity index (χ0n) is 14.6. The Morgan fingerprint density at radius 3 is 2.44 bits per heavy atom. The molecule has 2 aromatic carbocycles. The maximum absolute atomic E-state index is 12.4. The molecule has 25 heavy (non-hydrogen) atoms. The van der Waals surface area contributed by atoms with Crippen molar-refractivity contribution in [3.8, 4) is 5.75 Å². The van der Waals surface area contributed by atoms with Gasteiger partial charge in [-0.25, -0.2) is 0 Å². The molecule has 2 rings (SSSR count). The van der Waals surface area contributed by atoms with Crippen molar-refractivity contribution in [3.05, 3.63) is 63.7 Å². The van der Waals surface area contributed by atoms with Crippen molar-refractivity contribution < 1.29 is 14.5 Å². The average Bonchev–Trinajstić information content (AvgIpc) is 2.62. The molecule has 0 bridgehead atoms. The highest BCUT2D eigenvalue weighted by molar-refractivity contribution is 6.04. The van der Waals surface area contributed by atoms with E-state index in [0.717, 1.165) is 6.42 Å². The molecule has 0 aromatic heterocycles. The summed E-state index contributed by atoms with van der Waals surface area (Å²) < 4.78 is 5.22. The van der Waals surface area contributed by atoms with Crippen molar-refractivity contribution in [3.63, 3.8) is 0 Å². The first kappa shape index (κ1) is 18.4. The predicted octanol–water partition coefficient (Wildman–Crippen LogP) is 4.76. The Bertz CT molecular complexity index is 757. The molecule has 6 heteroatoms. The van der Waals surface area contributed by atoms with E-state index in [1.165, 1.54) is 23.8 Å². The molecule has 0 aliphatic carbocycles. The van der Waals surface area contributed by atoms with Gasteiger partial charge in [0.2, 0.25) is 0 Å². The first-order valence-electron chi connectivity index (χ1n) is 8.28. The van der Waals surface area contributed by atoms with E-state index in [-0.39, 0.29) is 17.0 Å². The minimum Gasteiger partial charge on any atom is -0.487 e. The van der Waals surface area contributed by atoms with Crippen molar-refractivity contribution in [2.75, 3.05) is 11.9 Å². The zero-order valence-corrected chi connectivity index (χ0v) is 14.6. The standard InChI is InChI=1S/C19H22N2O4/c1-4-13(3)14-6-9-16(10-7-14)20-19(22)15-8-11-18(25-5-2)17(12-15)21(23)24/h6-13H,4-5H2,1-3H3,(H,20,22). The number of benzene rings is 2. The number of hydrogen-bond acceptors (Lipinski definition) is 4. The second-order valence-corrected chi connectivity index (χ2v) is 5.76. The lowest BCUT2D eigenvalue weighted by molar-refractivity contribution is -0.385. The quantitative estimate of drug-likeness (QED) is 0.581. The number of anilines is 1. The monoisotopic (exact) mass is 342 g/mol. The van der Waals surface area contributed by atoms with Gasteiger partial charge < -0.3 is 10.1 Å². The number of nitrogens with one attached hydrogen (secondary N) is 1. The zero-order chi connectivity index (χ0) is 18.4. The van der Waals surface area contributed by atoms with Crippen LogP contribution in [0.2, 0.25) is 0 Å². The maximum Gasteiger partial charge on any atom is 0.311 e. The van der Waals surface area contributed by atoms with Gasteiger partial charge in [0.05, 0.1) is 11.5 Å². The predicted molar refractivity (Wildman–Crippen MR) is 97.4 cm³/mol. The van der Waals surface area contributed by atoms with Crippen LogP contribution in [-0.4, -0.2) is 17.4 Å². The Balaban J connectivity index is 2.17. The van der Waals surface area contributed by atoms with Crippen LogP contribution in [0, 0.1) is 10.1 Å². The van der Waals surface area contributed by atoms with Gasteiger partial charge in [0.15, 0.2) is 5.75 Å². The summed E-state index contributed by atoms with van der Waals surface area (Å²) in [6.07, 6.45) is 1.04. The molecule has 0 saturated carbocycles. The van der Waals surface area contributed by atoms with E-state index in [1.807, 2.05) is 24.3 Å². The van der Waals surface area contributed by atoms with E-state index in [4.69, 9.17) is 4.74 Å². The van der Waals surface area contributed by atoms with Crippen LogP contribution in [0.5, 0.6) is 5.75 Å². The Labute approximate surface area is 147 Å². The van der Waals surface area contributed by atoms with Gasteiger partial charge in [-0.2, -0.15) is 0 Å². The fourth-order valence-electron chi connectivity index (χ4n) is 2.41. The fraction of sp³-hybridized carbons (Fsp3) is 0.316. The normalized spacial score (nSPS) is 11.6. The molecule has 1 unspecified atom stereocenters. The molecule has 1 amide bonds. The minimum absolute atomic E-state index is 0.155. The summed E-state index contributed by atoms with van der Waals surface area (Å²) in [5, 5.41) is 13.9. The molecule has 0 aliphatic heterocycles. The Morgan fingerprint density at radius 2 is 1.88 bits per heavy atom. The van der Waals surface area contributed by atoms with Gasteiger partial charge in [-0.15, -0.1) is 0 Å². The first-order valence-corrected chi connectivity index (χ1v) is 8.28. The van der Waals surface area contributed by atoms with E-state index in [2.05, 4.69) is 19.2 Å². The molecule has 0 radical (unpaired) electrons. The number of hydrogen-bond donors (Lipinski definition) is 1. The summed E-state index contributed by atoms with van der Waals surface area (Å²) in [6.45, 7) is 6.33. The third kappa shape index (κ3) is 4.56. The molecular formula is C19H22N2O4. The van der Waals surface area contributed by atoms with Crippen molar-refractivity contribution in [2.24, 2.45) is 0 Å². The highest BCUT2D eigenvalue weighted by Gasteiger charge is 2.18. The van der Waals surface area contributed by atoms with Crippen LogP contribution in [0.3, 0.4) is 0 Å². The van der Waals surface area contributed by atoms with E-state index in [9.17, 15) is 14.9 Å². The van der Waals surface area contributed by atoms with Gasteiger partial charge in [-0.3, -0.25) is 14.9 Å². The lowest BCUT2D eigenvalue weighted by Gasteiger charge is -2.11. The van der Waals surface area contributed by atoms with E-state index in [0.29, 0.717) is 18.2 Å². The minimum atomic E-state index is -0.553. The number of rotatable bonds is 7. The van der Waals surface area contributed by atoms with Crippen LogP contribution in [0.1, 0.15) is 49.0 Å². The second kappa shape index (κ2) is 8.28. The smallest absolute Gasteiger partial charge is 0.311 e. The van der Waals surface area contributed by atoms with Crippen LogP contribution < -0.4 is 10.1 Å². The Morgan fingerprint density at radius 1 is 1.20 bits per heavy atom. The fourth-order valence-corrected chi connectivity index (χ4v) is 2.41. The van der Waals surface area contributed by atoms with Gasteiger partial charge in [0, 0.05) is 17.3 Å². The average molecular weight is 342 g/mol. The molecule has 132 valence electrons. The Hall–Kier alpha value is -2.89. The third-order valence-corrected chi connectivity index (χ3v) is 4.07. The molecular weight excluding hydrogens is 320 g/mol. The molecule has 0 heterocycles. The summed E-state index contributed by atoms with van der Waals surface area (Å²) in [5.74, 6) is 0.211. The van der Waals surface area contributed by atoms with Crippen molar-refractivity contribution in [2.45, 2.75) is 33.1 Å². The van der Waals surface area contributed by atoms with Crippen molar-refractivity contribution in [1.29, 1.82) is 0 Å². The third-order valence-electron chi connectivity index (χ3n) is 4.07. The molecule has 0 aliphatic rings. The highest BCUT2D eigenvalue weighted by atomic mass is 16.6. The van der Waals surface area contributed by atoms with Gasteiger partial charge in [0.1, 0.15) is 0 Å². The molecule has 1 atom stereocenters. The molecule has 2 aromatic rings. The molecule has 0 fully saturated rings. The van der Waals surface area contributed by atoms with E-state index < -0.39 is 10.8 Å². The van der Waals surface area contributed by atoms with Gasteiger partial charge >= 0.3 is 5.69 Å². The number of nitrogens with zero attached hydrogens (tertiary/aromatic N) is 1. The van der Waals surface area contributed by atoms with Crippen LogP contribution in [0.15, 0.2) is 42.5 Å². The van der Waals surface area contributed by atoms with Crippen molar-refractivity contribution >= 4 is 17.3 Å². The lowest BCUT2D eigenvalue weighted by atomic mass is 9.98. The number of carbonyl (C=O) groups excluding carboxylic acids is 1. The van der Waals surface area contributed by atoms with Crippen LogP contribution in [0.25, 0.3) is 0 Å². The van der Waals surface area contributed by atoms with Crippen molar-refractivity contribution in [1.82, 2.24) is 0 Å². The Kier molecular flexibility index (Phi) is 6.11. The van der Waals surface area contributed by atoms with Gasteiger partial charge in [-0.1, -0.05) is 26.0 Å². The van der Waals surface area contributed by atoms with E-state index in [1.54, 1.807) is 6.92 Å². The number of carbonyl (C=O) groups is 1. The second-order valence-electron chi connectivity index (χ2n) is 5.76. The van der Waals surface area contributed by atoms with Crippen LogP contribution >= 0.6 is 0 Å². The maximum atomic E-state index is 12.4. The van der Waals surface area contributed by atoms with Crippen LogP contribution in [0.4, 0.5) is 11.4 Å². The summed E-state index contributed by atoms with van der Waals surface area (Å²) in [7, 11) is 0. The molecule has 0 spiro atoms. The van der Waals surface area contributed by atoms with Crippen LogP contribution in [-0.2, 0) is 0 Å². The first-order chi connectivity index (χ1) is 12.0. The number of nitro benzene ring substituents is 1. The number of amides is 1. The largest absolute Gasteiger partial charge is 0.487 e. The summed E-state index contributed by atoms with van der Waals surface area (Å²) in [4.78, 5) is 23.0. The number of ether oxygens (including phenoxy) is 1. The highest BCUT2D eigenvalue weighted by Crippen LogP contribution is 2.28. The molecule has 0 saturated heterocycles. The number of nitro groups is 1. The summed E-state index contributed by atoms with van der Waals surface area (Å²) in [6, 6.07) is 11.8. The summed E-state index contributed by atoms with van der Waals surface area (Å²) >= 11 is 0. The topological polar surface area (TPSA) is 81.5 Å².